The number of aldehydes is 1. The van der Waals surface area contributed by atoms with E-state index in [0.29, 0.717) is 34.3 Å². The molecule has 0 radical (unpaired) electrons. The lowest BCUT2D eigenvalue weighted by atomic mass is 10.1. The molecule has 1 aliphatic heterocycles. The Labute approximate surface area is 131 Å². The molecule has 0 aliphatic carbocycles. The van der Waals surface area contributed by atoms with Crippen molar-refractivity contribution < 1.29 is 18.4 Å². The number of nitrogens with zero attached hydrogens (tertiary/aromatic N) is 1. The summed E-state index contributed by atoms with van der Waals surface area (Å²) in [5.41, 5.74) is 0.942. The van der Waals surface area contributed by atoms with Crippen molar-refractivity contribution in [2.75, 3.05) is 25.1 Å². The molecule has 2 aromatic heterocycles. The third kappa shape index (κ3) is 1.94. The van der Waals surface area contributed by atoms with Crippen molar-refractivity contribution in [1.82, 2.24) is 0 Å². The highest BCUT2D eigenvalue weighted by atomic mass is 16.5. The zero-order valence-electron chi connectivity index (χ0n) is 12.6. The van der Waals surface area contributed by atoms with Crippen LogP contribution < -0.4 is 15.3 Å². The fourth-order valence-electron chi connectivity index (χ4n) is 3.33. The van der Waals surface area contributed by atoms with Crippen molar-refractivity contribution in [3.63, 3.8) is 0 Å². The summed E-state index contributed by atoms with van der Waals surface area (Å²) in [4.78, 5) is 25.8. The van der Waals surface area contributed by atoms with Gasteiger partial charge in [0.15, 0.2) is 6.29 Å². The van der Waals surface area contributed by atoms with Crippen molar-refractivity contribution in [2.45, 2.75) is 12.8 Å². The summed E-state index contributed by atoms with van der Waals surface area (Å²) in [5.74, 6) is 0.556. The number of hydrogen-bond donors (Lipinski definition) is 0. The van der Waals surface area contributed by atoms with E-state index < -0.39 is 5.63 Å². The Hall–Kier alpha value is -2.76. The molecule has 0 saturated carbocycles. The molecule has 0 atom stereocenters. The van der Waals surface area contributed by atoms with Crippen LogP contribution in [-0.2, 0) is 0 Å². The quantitative estimate of drug-likeness (QED) is 0.547. The maximum Gasteiger partial charge on any atom is 0.349 e. The minimum atomic E-state index is -0.637. The number of furan rings is 1. The zero-order chi connectivity index (χ0) is 16.0. The topological polar surface area (TPSA) is 72.9 Å². The minimum Gasteiger partial charge on any atom is -0.495 e. The molecule has 1 fully saturated rings. The van der Waals surface area contributed by atoms with Crippen LogP contribution in [0.5, 0.6) is 5.75 Å². The van der Waals surface area contributed by atoms with Gasteiger partial charge in [0, 0.05) is 19.2 Å². The van der Waals surface area contributed by atoms with Crippen LogP contribution in [0.1, 0.15) is 23.2 Å². The normalized spacial score (nSPS) is 14.7. The highest BCUT2D eigenvalue weighted by molar-refractivity contribution is 6.10. The standard InChI is InChI=1S/C17H15NO5/c1-21-16-10-4-7-22-12(10)8-13-14(16)15(18-5-2-3-6-18)11(9-19)17(20)23-13/h4,7-9H,2-3,5-6H2,1H3. The predicted octanol–water partition coefficient (Wildman–Crippen LogP) is 2.96. The summed E-state index contributed by atoms with van der Waals surface area (Å²) < 4.78 is 16.3. The van der Waals surface area contributed by atoms with Gasteiger partial charge in [-0.05, 0) is 18.9 Å². The third-order valence-corrected chi connectivity index (χ3v) is 4.33. The third-order valence-electron chi connectivity index (χ3n) is 4.33. The monoisotopic (exact) mass is 313 g/mol. The molecule has 118 valence electrons. The zero-order valence-corrected chi connectivity index (χ0v) is 12.6. The summed E-state index contributed by atoms with van der Waals surface area (Å²) in [7, 11) is 1.56. The molecule has 3 aromatic rings. The highest BCUT2D eigenvalue weighted by Gasteiger charge is 2.26. The van der Waals surface area contributed by atoms with Crippen LogP contribution in [0.25, 0.3) is 21.9 Å². The number of anilines is 1. The number of rotatable bonds is 3. The van der Waals surface area contributed by atoms with Crippen molar-refractivity contribution in [3.05, 3.63) is 34.4 Å². The predicted molar refractivity (Wildman–Crippen MR) is 85.6 cm³/mol. The van der Waals surface area contributed by atoms with Crippen LogP contribution in [0, 0.1) is 0 Å². The molecule has 23 heavy (non-hydrogen) atoms. The van der Waals surface area contributed by atoms with E-state index in [1.807, 2.05) is 0 Å². The second-order valence-corrected chi connectivity index (χ2v) is 5.58. The first-order valence-corrected chi connectivity index (χ1v) is 7.49. The summed E-state index contributed by atoms with van der Waals surface area (Å²) in [6.45, 7) is 1.60. The average molecular weight is 313 g/mol. The van der Waals surface area contributed by atoms with E-state index in [4.69, 9.17) is 13.6 Å². The van der Waals surface area contributed by atoms with Gasteiger partial charge < -0.3 is 18.5 Å². The van der Waals surface area contributed by atoms with Gasteiger partial charge in [-0.15, -0.1) is 0 Å². The molecule has 1 aliphatic rings. The molecular weight excluding hydrogens is 298 g/mol. The smallest absolute Gasteiger partial charge is 0.349 e. The van der Waals surface area contributed by atoms with Gasteiger partial charge in [0.2, 0.25) is 0 Å². The van der Waals surface area contributed by atoms with E-state index in [1.54, 1.807) is 25.5 Å². The van der Waals surface area contributed by atoms with E-state index in [1.165, 1.54) is 0 Å². The Morgan fingerprint density at radius 2 is 2.04 bits per heavy atom. The van der Waals surface area contributed by atoms with E-state index in [-0.39, 0.29) is 5.56 Å². The first kappa shape index (κ1) is 13.9. The molecule has 6 heteroatoms. The molecule has 0 spiro atoms. The highest BCUT2D eigenvalue weighted by Crippen LogP contribution is 2.41. The van der Waals surface area contributed by atoms with Crippen LogP contribution in [0.3, 0.4) is 0 Å². The Morgan fingerprint density at radius 3 is 2.74 bits per heavy atom. The molecule has 0 amide bonds. The number of hydrogen-bond acceptors (Lipinski definition) is 6. The Morgan fingerprint density at radius 1 is 1.26 bits per heavy atom. The molecule has 0 N–H and O–H groups in total. The SMILES string of the molecule is COc1c2ccoc2cc2oc(=O)c(C=O)c(N3CCCC3)c12. The number of benzene rings is 1. The van der Waals surface area contributed by atoms with Crippen molar-refractivity contribution in [1.29, 1.82) is 0 Å². The fourth-order valence-corrected chi connectivity index (χ4v) is 3.33. The van der Waals surface area contributed by atoms with E-state index >= 15 is 0 Å². The minimum absolute atomic E-state index is 0.0422. The van der Waals surface area contributed by atoms with Crippen molar-refractivity contribution >= 4 is 33.9 Å². The van der Waals surface area contributed by atoms with E-state index in [9.17, 15) is 9.59 Å². The maximum absolute atomic E-state index is 12.2. The average Bonchev–Trinajstić information content (AvgIpc) is 3.22. The van der Waals surface area contributed by atoms with Crippen LogP contribution in [-0.4, -0.2) is 26.5 Å². The van der Waals surface area contributed by atoms with E-state index in [0.717, 1.165) is 31.3 Å². The lowest BCUT2D eigenvalue weighted by Gasteiger charge is -2.22. The van der Waals surface area contributed by atoms with Gasteiger partial charge in [-0.2, -0.15) is 0 Å². The van der Waals surface area contributed by atoms with Crippen molar-refractivity contribution in [3.8, 4) is 5.75 Å². The Kier molecular flexibility index (Phi) is 3.11. The Balaban J connectivity index is 2.21. The number of carbonyl (C=O) groups is 1. The van der Waals surface area contributed by atoms with Gasteiger partial charge in [-0.3, -0.25) is 4.79 Å². The van der Waals surface area contributed by atoms with Gasteiger partial charge in [-0.1, -0.05) is 0 Å². The van der Waals surface area contributed by atoms with Crippen molar-refractivity contribution in [2.24, 2.45) is 0 Å². The fraction of sp³-hybridized carbons (Fsp3) is 0.294. The summed E-state index contributed by atoms with van der Waals surface area (Å²) >= 11 is 0. The molecule has 1 aromatic carbocycles. The van der Waals surface area contributed by atoms with Crippen LogP contribution in [0.15, 0.2) is 32.0 Å². The molecule has 0 unspecified atom stereocenters. The molecule has 6 nitrogen and oxygen atoms in total. The lowest BCUT2D eigenvalue weighted by Crippen LogP contribution is -2.23. The van der Waals surface area contributed by atoms with Gasteiger partial charge in [0.1, 0.15) is 22.5 Å². The van der Waals surface area contributed by atoms with Crippen LogP contribution in [0.2, 0.25) is 0 Å². The molecule has 4 rings (SSSR count). The first-order chi connectivity index (χ1) is 11.2. The number of ether oxygens (including phenoxy) is 1. The van der Waals surface area contributed by atoms with Gasteiger partial charge in [-0.25, -0.2) is 4.79 Å². The number of carbonyl (C=O) groups excluding carboxylic acids is 1. The van der Waals surface area contributed by atoms with E-state index in [2.05, 4.69) is 4.90 Å². The van der Waals surface area contributed by atoms with Crippen LogP contribution >= 0.6 is 0 Å². The summed E-state index contributed by atoms with van der Waals surface area (Å²) in [6, 6.07) is 3.47. The lowest BCUT2D eigenvalue weighted by molar-refractivity contribution is 0.112. The second-order valence-electron chi connectivity index (χ2n) is 5.58. The largest absolute Gasteiger partial charge is 0.495 e. The van der Waals surface area contributed by atoms with Gasteiger partial charge >= 0.3 is 5.63 Å². The van der Waals surface area contributed by atoms with Gasteiger partial charge in [0.05, 0.1) is 29.8 Å². The first-order valence-electron chi connectivity index (χ1n) is 7.49. The molecule has 1 saturated heterocycles. The molecule has 0 bridgehead atoms. The van der Waals surface area contributed by atoms with Crippen LogP contribution in [0.4, 0.5) is 5.69 Å². The van der Waals surface area contributed by atoms with Gasteiger partial charge in [0.25, 0.3) is 0 Å². The number of fused-ring (bicyclic) bond motifs is 2. The maximum atomic E-state index is 12.2. The second kappa shape index (κ2) is 5.15. The molecule has 3 heterocycles. The number of methoxy groups -OCH3 is 1. The Bertz CT molecular complexity index is 962. The summed E-state index contributed by atoms with van der Waals surface area (Å²) in [5, 5.41) is 1.43. The molecular formula is C17H15NO5. The summed E-state index contributed by atoms with van der Waals surface area (Å²) in [6.07, 6.45) is 4.17.